The van der Waals surface area contributed by atoms with Gasteiger partial charge in [-0.2, -0.15) is 0 Å². The van der Waals surface area contributed by atoms with Gasteiger partial charge >= 0.3 is 0 Å². The second-order valence-electron chi connectivity index (χ2n) is 6.91. The van der Waals surface area contributed by atoms with Gasteiger partial charge in [-0.25, -0.2) is 0 Å². The van der Waals surface area contributed by atoms with Crippen molar-refractivity contribution in [2.45, 2.75) is 25.3 Å². The molecule has 0 spiro atoms. The Hall–Kier alpha value is -2.05. The Balaban J connectivity index is 1.45. The molecule has 1 atom stereocenters. The van der Waals surface area contributed by atoms with Gasteiger partial charge in [0.1, 0.15) is 0 Å². The maximum atomic E-state index is 12.6. The number of rotatable bonds is 4. The molecule has 2 aromatic rings. The molecule has 0 saturated carbocycles. The Bertz CT molecular complexity index is 827. The van der Waals surface area contributed by atoms with E-state index in [2.05, 4.69) is 38.3 Å². The smallest absolute Gasteiger partial charge is 0.238 e. The van der Waals surface area contributed by atoms with Gasteiger partial charge in [-0.1, -0.05) is 18.2 Å². The van der Waals surface area contributed by atoms with E-state index in [1.807, 2.05) is 30.3 Å². The molecule has 0 bridgehead atoms. The molecular weight excluding hydrogens is 408 g/mol. The number of benzene rings is 2. The molecule has 0 aromatic heterocycles. The number of fused-ring (bicyclic) bond motifs is 1. The number of amides is 1. The van der Waals surface area contributed by atoms with E-state index in [0.29, 0.717) is 19.8 Å². The lowest BCUT2D eigenvalue weighted by Crippen LogP contribution is -2.33. The highest BCUT2D eigenvalue weighted by Crippen LogP contribution is 2.37. The first-order valence-corrected chi connectivity index (χ1v) is 10.2. The molecule has 1 saturated heterocycles. The van der Waals surface area contributed by atoms with Crippen molar-refractivity contribution in [2.75, 3.05) is 31.6 Å². The lowest BCUT2D eigenvalue weighted by atomic mass is 10.0. The molecule has 0 aliphatic carbocycles. The first-order chi connectivity index (χ1) is 13.2. The molecule has 2 aliphatic heterocycles. The highest BCUT2D eigenvalue weighted by atomic mass is 79.9. The SMILES string of the molecule is O=C(CN1CCC[C@@H]1c1ccc2c(c1)OCCCO2)Nc1ccccc1Br. The number of hydrogen-bond acceptors (Lipinski definition) is 4. The van der Waals surface area contributed by atoms with E-state index in [4.69, 9.17) is 9.47 Å². The number of hydrogen-bond donors (Lipinski definition) is 1. The third-order valence-corrected chi connectivity index (χ3v) is 5.71. The second kappa shape index (κ2) is 8.31. The van der Waals surface area contributed by atoms with Crippen LogP contribution in [0.25, 0.3) is 0 Å². The molecule has 2 aliphatic rings. The number of halogens is 1. The van der Waals surface area contributed by atoms with Crippen molar-refractivity contribution < 1.29 is 14.3 Å². The maximum Gasteiger partial charge on any atom is 0.238 e. The zero-order valence-corrected chi connectivity index (χ0v) is 16.7. The third-order valence-electron chi connectivity index (χ3n) is 5.01. The summed E-state index contributed by atoms with van der Waals surface area (Å²) in [5.41, 5.74) is 1.99. The van der Waals surface area contributed by atoms with Crippen LogP contribution in [0.2, 0.25) is 0 Å². The van der Waals surface area contributed by atoms with Gasteiger partial charge in [0.05, 0.1) is 25.4 Å². The summed E-state index contributed by atoms with van der Waals surface area (Å²) in [6.07, 6.45) is 3.03. The fourth-order valence-corrected chi connectivity index (χ4v) is 4.10. The summed E-state index contributed by atoms with van der Waals surface area (Å²) in [5, 5.41) is 3.00. The molecule has 1 amide bonds. The van der Waals surface area contributed by atoms with E-state index in [-0.39, 0.29) is 11.9 Å². The number of anilines is 1. The van der Waals surface area contributed by atoms with Gasteiger partial charge in [0.25, 0.3) is 0 Å². The summed E-state index contributed by atoms with van der Waals surface area (Å²) >= 11 is 3.47. The van der Waals surface area contributed by atoms with Crippen molar-refractivity contribution in [3.63, 3.8) is 0 Å². The number of carbonyl (C=O) groups excluding carboxylic acids is 1. The van der Waals surface area contributed by atoms with Crippen LogP contribution in [0, 0.1) is 0 Å². The molecular formula is C21H23BrN2O3. The highest BCUT2D eigenvalue weighted by molar-refractivity contribution is 9.10. The van der Waals surface area contributed by atoms with Gasteiger partial charge in [0, 0.05) is 16.9 Å². The normalized spacial score (nSPS) is 19.5. The largest absolute Gasteiger partial charge is 0.490 e. The summed E-state index contributed by atoms with van der Waals surface area (Å²) in [4.78, 5) is 14.8. The second-order valence-corrected chi connectivity index (χ2v) is 7.77. The van der Waals surface area contributed by atoms with Crippen molar-refractivity contribution in [3.05, 3.63) is 52.5 Å². The quantitative estimate of drug-likeness (QED) is 0.781. The summed E-state index contributed by atoms with van der Waals surface area (Å²) in [6.45, 7) is 2.67. The molecule has 2 aromatic carbocycles. The van der Waals surface area contributed by atoms with Gasteiger partial charge < -0.3 is 14.8 Å². The fourth-order valence-electron chi connectivity index (χ4n) is 3.72. The lowest BCUT2D eigenvalue weighted by molar-refractivity contribution is -0.117. The van der Waals surface area contributed by atoms with Gasteiger partial charge in [-0.3, -0.25) is 9.69 Å². The Morgan fingerprint density at radius 3 is 2.78 bits per heavy atom. The van der Waals surface area contributed by atoms with Crippen LogP contribution in [-0.4, -0.2) is 37.1 Å². The number of nitrogens with one attached hydrogen (secondary N) is 1. The van der Waals surface area contributed by atoms with Gasteiger partial charge in [0.15, 0.2) is 11.5 Å². The number of nitrogens with zero attached hydrogens (tertiary/aromatic N) is 1. The number of likely N-dealkylation sites (tertiary alicyclic amines) is 1. The average Bonchev–Trinajstić information content (AvgIpc) is 2.99. The summed E-state index contributed by atoms with van der Waals surface area (Å²) in [5.74, 6) is 1.63. The fraction of sp³-hybridized carbons (Fsp3) is 0.381. The van der Waals surface area contributed by atoms with Crippen molar-refractivity contribution in [2.24, 2.45) is 0 Å². The molecule has 5 nitrogen and oxygen atoms in total. The third kappa shape index (κ3) is 4.28. The lowest BCUT2D eigenvalue weighted by Gasteiger charge is -2.25. The minimum Gasteiger partial charge on any atom is -0.490 e. The first kappa shape index (κ1) is 18.3. The summed E-state index contributed by atoms with van der Waals surface area (Å²) < 4.78 is 12.4. The maximum absolute atomic E-state index is 12.6. The molecule has 1 N–H and O–H groups in total. The predicted molar refractivity (Wildman–Crippen MR) is 108 cm³/mol. The number of carbonyl (C=O) groups is 1. The van der Waals surface area contributed by atoms with Crippen molar-refractivity contribution >= 4 is 27.5 Å². The number of para-hydroxylation sites is 1. The molecule has 6 heteroatoms. The van der Waals surface area contributed by atoms with E-state index in [1.165, 1.54) is 5.56 Å². The van der Waals surface area contributed by atoms with Crippen molar-refractivity contribution in [1.29, 1.82) is 0 Å². The minimum atomic E-state index is 0.00291. The summed E-state index contributed by atoms with van der Waals surface area (Å²) in [7, 11) is 0. The first-order valence-electron chi connectivity index (χ1n) is 9.39. The molecule has 1 fully saturated rings. The van der Waals surface area contributed by atoms with E-state index < -0.39 is 0 Å². The van der Waals surface area contributed by atoms with Crippen LogP contribution in [0.15, 0.2) is 46.9 Å². The molecule has 2 heterocycles. The van der Waals surface area contributed by atoms with Crippen LogP contribution >= 0.6 is 15.9 Å². The Morgan fingerprint density at radius 2 is 1.93 bits per heavy atom. The van der Waals surface area contributed by atoms with Crippen molar-refractivity contribution in [3.8, 4) is 11.5 Å². The highest BCUT2D eigenvalue weighted by Gasteiger charge is 2.28. The van der Waals surface area contributed by atoms with Crippen molar-refractivity contribution in [1.82, 2.24) is 4.90 Å². The van der Waals surface area contributed by atoms with E-state index in [1.54, 1.807) is 0 Å². The van der Waals surface area contributed by atoms with Crippen LogP contribution in [0.3, 0.4) is 0 Å². The van der Waals surface area contributed by atoms with Crippen LogP contribution in [0.5, 0.6) is 11.5 Å². The Labute approximate surface area is 167 Å². The van der Waals surface area contributed by atoms with E-state index in [9.17, 15) is 4.79 Å². The standard InChI is InChI=1S/C21H23BrN2O3/c22-16-5-1-2-6-17(16)23-21(25)14-24-10-3-7-18(24)15-8-9-19-20(13-15)27-12-4-11-26-19/h1-2,5-6,8-9,13,18H,3-4,7,10-12,14H2,(H,23,25)/t18-/m1/s1. The zero-order chi connectivity index (χ0) is 18.6. The van der Waals surface area contributed by atoms with Crippen LogP contribution in [0.4, 0.5) is 5.69 Å². The van der Waals surface area contributed by atoms with Gasteiger partial charge in [-0.05, 0) is 65.1 Å². The molecule has 0 unspecified atom stereocenters. The van der Waals surface area contributed by atoms with Crippen LogP contribution in [0.1, 0.15) is 30.9 Å². The Morgan fingerprint density at radius 1 is 1.11 bits per heavy atom. The van der Waals surface area contributed by atoms with Gasteiger partial charge in [0.2, 0.25) is 5.91 Å². The zero-order valence-electron chi connectivity index (χ0n) is 15.1. The molecule has 27 heavy (non-hydrogen) atoms. The predicted octanol–water partition coefficient (Wildman–Crippen LogP) is 4.39. The monoisotopic (exact) mass is 430 g/mol. The van der Waals surface area contributed by atoms with E-state index >= 15 is 0 Å². The minimum absolute atomic E-state index is 0.00291. The molecule has 0 radical (unpaired) electrons. The summed E-state index contributed by atoms with van der Waals surface area (Å²) in [6, 6.07) is 14.1. The Kier molecular flexibility index (Phi) is 5.64. The van der Waals surface area contributed by atoms with Crippen LogP contribution < -0.4 is 14.8 Å². The number of ether oxygens (including phenoxy) is 2. The molecule has 142 valence electrons. The van der Waals surface area contributed by atoms with Crippen LogP contribution in [-0.2, 0) is 4.79 Å². The topological polar surface area (TPSA) is 50.8 Å². The van der Waals surface area contributed by atoms with E-state index in [0.717, 1.165) is 47.5 Å². The average molecular weight is 431 g/mol. The molecule has 4 rings (SSSR count). The van der Waals surface area contributed by atoms with Gasteiger partial charge in [-0.15, -0.1) is 0 Å².